The molecule has 1 aromatic heterocycles. The van der Waals surface area contributed by atoms with Crippen molar-refractivity contribution in [2.45, 2.75) is 12.8 Å². The maximum absolute atomic E-state index is 11.0. The summed E-state index contributed by atoms with van der Waals surface area (Å²) in [7, 11) is 6.28. The number of furan rings is 1. The molecule has 1 aliphatic rings. The summed E-state index contributed by atoms with van der Waals surface area (Å²) in [5, 5.41) is 45.8. The summed E-state index contributed by atoms with van der Waals surface area (Å²) in [6.45, 7) is 0. The first-order valence-electron chi connectivity index (χ1n) is 14.3. The lowest BCUT2D eigenvalue weighted by atomic mass is 9.82. The van der Waals surface area contributed by atoms with Crippen LogP contribution < -0.4 is 15.9 Å². The maximum Gasteiger partial charge on any atom is 0.204 e. The Morgan fingerprint density at radius 3 is 1.91 bits per heavy atom. The van der Waals surface area contributed by atoms with E-state index >= 15 is 0 Å². The zero-order valence-electron chi connectivity index (χ0n) is 23.7. The third-order valence-corrected chi connectivity index (χ3v) is 8.28. The molecule has 4 N–H and O–H groups in total. The fraction of sp³-hybridized carbons (Fsp3) is 0.0526. The quantitative estimate of drug-likeness (QED) is 0.115. The van der Waals surface area contributed by atoms with Crippen LogP contribution in [0.3, 0.4) is 0 Å². The minimum absolute atomic E-state index is 0.0668. The first kappa shape index (κ1) is 27.2. The first-order valence-corrected chi connectivity index (χ1v) is 14.3. The topological polar surface area (TPSA) is 94.1 Å². The number of benzene rings is 5. The molecule has 0 bridgehead atoms. The van der Waals surface area contributed by atoms with Gasteiger partial charge in [-0.25, -0.2) is 0 Å². The second-order valence-electron chi connectivity index (χ2n) is 10.8. The average Bonchev–Trinajstić information content (AvgIpc) is 3.45. The van der Waals surface area contributed by atoms with Crippen LogP contribution in [0.4, 0.5) is 0 Å². The van der Waals surface area contributed by atoms with E-state index in [9.17, 15) is 20.4 Å². The molecular weight excluding hydrogens is 547 g/mol. The van der Waals surface area contributed by atoms with Crippen molar-refractivity contribution in [1.82, 2.24) is 0 Å². The van der Waals surface area contributed by atoms with Crippen molar-refractivity contribution in [3.05, 3.63) is 137 Å². The van der Waals surface area contributed by atoms with Gasteiger partial charge in [0.25, 0.3) is 0 Å². The highest BCUT2D eigenvalue weighted by atomic mass is 16.3. The molecule has 0 unspecified atom stereocenters. The molecule has 44 heavy (non-hydrogen) atoms. The van der Waals surface area contributed by atoms with Gasteiger partial charge in [0, 0.05) is 21.9 Å². The first-order chi connectivity index (χ1) is 21.5. The summed E-state index contributed by atoms with van der Waals surface area (Å²) in [5.41, 5.74) is 6.08. The van der Waals surface area contributed by atoms with E-state index < -0.39 is 23.0 Å². The minimum Gasteiger partial charge on any atom is -0.505 e. The number of phenols is 4. The third-order valence-electron chi connectivity index (χ3n) is 8.28. The van der Waals surface area contributed by atoms with Gasteiger partial charge in [-0.15, -0.1) is 0 Å². The highest BCUT2D eigenvalue weighted by Gasteiger charge is 2.24. The average molecular weight is 574 g/mol. The largest absolute Gasteiger partial charge is 0.505 e. The van der Waals surface area contributed by atoms with Crippen LogP contribution in [-0.2, 0) is 0 Å². The predicted octanol–water partition coefficient (Wildman–Crippen LogP) is 6.17. The third kappa shape index (κ3) is 4.35. The van der Waals surface area contributed by atoms with Crippen LogP contribution in [0, 0.1) is 0 Å². The van der Waals surface area contributed by atoms with Crippen molar-refractivity contribution in [1.29, 1.82) is 0 Å². The Balaban J connectivity index is 1.65. The van der Waals surface area contributed by atoms with E-state index in [4.69, 9.17) is 12.3 Å². The Morgan fingerprint density at radius 1 is 0.568 bits per heavy atom. The predicted molar refractivity (Wildman–Crippen MR) is 176 cm³/mol. The number of allylic oxidation sites excluding steroid dienone is 4. The second kappa shape index (κ2) is 10.9. The Kier molecular flexibility index (Phi) is 6.75. The van der Waals surface area contributed by atoms with Gasteiger partial charge in [0.15, 0.2) is 11.5 Å². The minimum atomic E-state index is -0.865. The van der Waals surface area contributed by atoms with Crippen LogP contribution in [0.5, 0.6) is 23.0 Å². The number of fused-ring (bicyclic) bond motifs is 4. The number of aromatic hydroxyl groups is 4. The maximum atomic E-state index is 11.0. The Labute approximate surface area is 254 Å². The number of para-hydroxylation sites is 1. The van der Waals surface area contributed by atoms with Gasteiger partial charge in [0.1, 0.15) is 19.0 Å². The van der Waals surface area contributed by atoms with Crippen molar-refractivity contribution in [3.8, 4) is 34.1 Å². The molecule has 5 nitrogen and oxygen atoms in total. The van der Waals surface area contributed by atoms with E-state index in [0.717, 1.165) is 54.6 Å². The second-order valence-corrected chi connectivity index (χ2v) is 10.8. The smallest absolute Gasteiger partial charge is 0.204 e. The summed E-state index contributed by atoms with van der Waals surface area (Å²) in [6.07, 6.45) is 8.83. The molecule has 0 saturated carbocycles. The van der Waals surface area contributed by atoms with Gasteiger partial charge >= 0.3 is 0 Å². The molecule has 0 atom stereocenters. The van der Waals surface area contributed by atoms with E-state index in [1.54, 1.807) is 0 Å². The molecular formula is C38H27BO5. The van der Waals surface area contributed by atoms with E-state index in [2.05, 4.69) is 36.4 Å². The molecule has 7 rings (SSSR count). The standard InChI is InChI=1S/C38H27BO5/c39-33-32(34(40)36(42)37(43)35(33)41)27-17-7-2-1-6-14-26(24-15-8-9-16-25(24)27)28-21-20-23(22-12-4-3-5-13-22)38-31(28)29-18-10-11-19-30(29)44-38/h1-13,15-16,18-21,40-43H,14,17H2/b6-1-,7-2-,26-24+,27-25+. The molecule has 5 aromatic carbocycles. The summed E-state index contributed by atoms with van der Waals surface area (Å²) in [5.74, 6) is -2.98. The SMILES string of the molecule is [B]c1c(O)c(O)c(O)c(O)c1/C1=c2\cccc\c2=C(/c2ccc(-c3ccccc3)c3oc4ccccc4c23)C/C=C\C=C/C1. The molecule has 0 saturated heterocycles. The molecule has 6 aromatic rings. The lowest BCUT2D eigenvalue weighted by Crippen LogP contribution is -2.31. The highest BCUT2D eigenvalue weighted by molar-refractivity contribution is 6.37. The van der Waals surface area contributed by atoms with Crippen LogP contribution in [0.25, 0.3) is 44.2 Å². The molecule has 0 aliphatic heterocycles. The fourth-order valence-electron chi connectivity index (χ4n) is 6.20. The van der Waals surface area contributed by atoms with E-state index in [0.29, 0.717) is 18.4 Å². The molecule has 1 aliphatic carbocycles. The molecule has 0 amide bonds. The zero-order valence-corrected chi connectivity index (χ0v) is 23.7. The van der Waals surface area contributed by atoms with Crippen LogP contribution in [0.15, 0.2) is 120 Å². The van der Waals surface area contributed by atoms with Crippen LogP contribution >= 0.6 is 0 Å². The van der Waals surface area contributed by atoms with Gasteiger partial charge in [-0.05, 0) is 63.1 Å². The monoisotopic (exact) mass is 574 g/mol. The van der Waals surface area contributed by atoms with Crippen LogP contribution in [0.1, 0.15) is 24.0 Å². The lowest BCUT2D eigenvalue weighted by molar-refractivity contribution is 0.347. The molecule has 212 valence electrons. The van der Waals surface area contributed by atoms with Gasteiger partial charge < -0.3 is 24.8 Å². The van der Waals surface area contributed by atoms with E-state index in [1.807, 2.05) is 78.9 Å². The number of phenolic OH excluding ortho intramolecular Hbond substituents is 4. The Bertz CT molecular complexity index is 2250. The molecule has 0 fully saturated rings. The van der Waals surface area contributed by atoms with Crippen molar-refractivity contribution >= 4 is 46.4 Å². The summed E-state index contributed by atoms with van der Waals surface area (Å²) in [4.78, 5) is 0. The summed E-state index contributed by atoms with van der Waals surface area (Å²) < 4.78 is 6.54. The van der Waals surface area contributed by atoms with Crippen LogP contribution in [0.2, 0.25) is 0 Å². The molecule has 1 heterocycles. The normalized spacial score (nSPS) is 17.4. The summed E-state index contributed by atoms with van der Waals surface area (Å²) >= 11 is 0. The number of hydrogen-bond acceptors (Lipinski definition) is 5. The Morgan fingerprint density at radius 2 is 1.16 bits per heavy atom. The van der Waals surface area contributed by atoms with Gasteiger partial charge in [-0.1, -0.05) is 103 Å². The number of rotatable bonds is 3. The van der Waals surface area contributed by atoms with Crippen LogP contribution in [-0.4, -0.2) is 28.3 Å². The van der Waals surface area contributed by atoms with Gasteiger partial charge in [-0.3, -0.25) is 0 Å². The van der Waals surface area contributed by atoms with Gasteiger partial charge in [0.2, 0.25) is 11.5 Å². The van der Waals surface area contributed by atoms with Crippen molar-refractivity contribution in [2.75, 3.05) is 0 Å². The molecule has 2 radical (unpaired) electrons. The van der Waals surface area contributed by atoms with E-state index in [-0.39, 0.29) is 11.0 Å². The fourth-order valence-corrected chi connectivity index (χ4v) is 6.20. The highest BCUT2D eigenvalue weighted by Crippen LogP contribution is 2.45. The number of hydrogen-bond donors (Lipinski definition) is 4. The van der Waals surface area contributed by atoms with Crippen molar-refractivity contribution in [2.24, 2.45) is 0 Å². The molecule has 6 heteroatoms. The Hall–Kier alpha value is -5.62. The zero-order chi connectivity index (χ0) is 30.4. The van der Waals surface area contributed by atoms with E-state index in [1.165, 1.54) is 0 Å². The molecule has 0 spiro atoms. The van der Waals surface area contributed by atoms with Crippen molar-refractivity contribution < 1.29 is 24.8 Å². The lowest BCUT2D eigenvalue weighted by Gasteiger charge is -2.18. The summed E-state index contributed by atoms with van der Waals surface area (Å²) in [6, 6.07) is 30.2. The van der Waals surface area contributed by atoms with Gasteiger partial charge in [0.05, 0.1) is 0 Å². The van der Waals surface area contributed by atoms with Crippen molar-refractivity contribution in [3.63, 3.8) is 0 Å². The van der Waals surface area contributed by atoms with Gasteiger partial charge in [-0.2, -0.15) is 0 Å².